The summed E-state index contributed by atoms with van der Waals surface area (Å²) in [5.41, 5.74) is 2.11. The fraction of sp³-hybridized carbons (Fsp3) is 0.417. The molecule has 0 aliphatic heterocycles. The molecule has 0 aliphatic carbocycles. The van der Waals surface area contributed by atoms with Crippen molar-refractivity contribution < 1.29 is 14.3 Å². The van der Waals surface area contributed by atoms with Crippen LogP contribution in [0.15, 0.2) is 36.4 Å². The minimum atomic E-state index is -0.749. The molecule has 0 unspecified atom stereocenters. The lowest BCUT2D eigenvalue weighted by molar-refractivity contribution is -0.142. The molecule has 7 heteroatoms. The number of rotatable bonds is 7. The molecule has 0 heterocycles. The summed E-state index contributed by atoms with van der Waals surface area (Å²) < 4.78 is 5.80. The molecule has 31 heavy (non-hydrogen) atoms. The van der Waals surface area contributed by atoms with E-state index >= 15 is 0 Å². The molecule has 168 valence electrons. The third-order valence-electron chi connectivity index (χ3n) is 4.75. The Morgan fingerprint density at radius 1 is 1.10 bits per heavy atom. The van der Waals surface area contributed by atoms with Gasteiger partial charge in [0, 0.05) is 27.7 Å². The molecule has 0 saturated carbocycles. The lowest BCUT2D eigenvalue weighted by Crippen LogP contribution is -2.53. The smallest absolute Gasteiger partial charge is 0.261 e. The van der Waals surface area contributed by atoms with Crippen molar-refractivity contribution in [3.05, 3.63) is 63.1 Å². The summed E-state index contributed by atoms with van der Waals surface area (Å²) >= 11 is 12.7. The highest BCUT2D eigenvalue weighted by Crippen LogP contribution is 2.27. The van der Waals surface area contributed by atoms with Crippen LogP contribution >= 0.6 is 23.2 Å². The van der Waals surface area contributed by atoms with Crippen molar-refractivity contribution in [2.75, 3.05) is 6.61 Å². The first-order valence-corrected chi connectivity index (χ1v) is 10.9. The quantitative estimate of drug-likeness (QED) is 0.602. The molecule has 2 aromatic carbocycles. The molecular formula is C24H30Cl2N2O3. The van der Waals surface area contributed by atoms with Crippen molar-refractivity contribution in [3.63, 3.8) is 0 Å². The number of halogens is 2. The van der Waals surface area contributed by atoms with Gasteiger partial charge in [-0.05, 0) is 70.9 Å². The van der Waals surface area contributed by atoms with Gasteiger partial charge in [0.2, 0.25) is 5.91 Å². The average Bonchev–Trinajstić information content (AvgIpc) is 2.66. The van der Waals surface area contributed by atoms with E-state index in [9.17, 15) is 9.59 Å². The Morgan fingerprint density at radius 3 is 2.29 bits per heavy atom. The predicted molar refractivity (Wildman–Crippen MR) is 126 cm³/mol. The van der Waals surface area contributed by atoms with E-state index in [0.717, 1.165) is 11.1 Å². The number of carbonyl (C=O) groups excluding carboxylic acids is 2. The predicted octanol–water partition coefficient (Wildman–Crippen LogP) is 5.32. The Morgan fingerprint density at radius 2 is 1.71 bits per heavy atom. The first-order valence-electron chi connectivity index (χ1n) is 10.1. The van der Waals surface area contributed by atoms with Crippen molar-refractivity contribution in [1.29, 1.82) is 0 Å². The fourth-order valence-corrected chi connectivity index (χ4v) is 3.51. The standard InChI is InChI=1S/C24H30Cl2N2O3/c1-15-10-11-16(2)21(12-15)31-14-22(29)28(17(3)23(30)27-24(4,5)6)13-18-19(25)8-7-9-20(18)26/h7-12,17H,13-14H2,1-6H3,(H,27,30)/t17-/m1/s1. The summed E-state index contributed by atoms with van der Waals surface area (Å²) in [6.07, 6.45) is 0. The van der Waals surface area contributed by atoms with Crippen LogP contribution in [-0.2, 0) is 16.1 Å². The number of amides is 2. The van der Waals surface area contributed by atoms with Crippen LogP contribution in [0, 0.1) is 13.8 Å². The number of nitrogens with one attached hydrogen (secondary N) is 1. The molecule has 2 rings (SSSR count). The van der Waals surface area contributed by atoms with E-state index in [-0.39, 0.29) is 25.0 Å². The van der Waals surface area contributed by atoms with Crippen molar-refractivity contribution in [1.82, 2.24) is 10.2 Å². The van der Waals surface area contributed by atoms with Gasteiger partial charge in [0.25, 0.3) is 5.91 Å². The Kier molecular flexibility index (Phi) is 8.38. The van der Waals surface area contributed by atoms with E-state index in [4.69, 9.17) is 27.9 Å². The van der Waals surface area contributed by atoms with Gasteiger partial charge in [-0.15, -0.1) is 0 Å². The first-order chi connectivity index (χ1) is 14.4. The van der Waals surface area contributed by atoms with Crippen LogP contribution in [0.2, 0.25) is 10.0 Å². The van der Waals surface area contributed by atoms with Crippen molar-refractivity contribution in [2.24, 2.45) is 0 Å². The summed E-state index contributed by atoms with van der Waals surface area (Å²) in [6.45, 7) is 11.1. The van der Waals surface area contributed by atoms with E-state index in [0.29, 0.717) is 21.4 Å². The maximum absolute atomic E-state index is 13.2. The lowest BCUT2D eigenvalue weighted by Gasteiger charge is -2.32. The van der Waals surface area contributed by atoms with Gasteiger partial charge < -0.3 is 15.0 Å². The zero-order valence-electron chi connectivity index (χ0n) is 18.9. The van der Waals surface area contributed by atoms with Crippen LogP contribution in [0.5, 0.6) is 5.75 Å². The van der Waals surface area contributed by atoms with E-state index in [2.05, 4.69) is 5.32 Å². The summed E-state index contributed by atoms with van der Waals surface area (Å²) in [5, 5.41) is 3.79. The highest BCUT2D eigenvalue weighted by atomic mass is 35.5. The number of benzene rings is 2. The highest BCUT2D eigenvalue weighted by molar-refractivity contribution is 6.36. The topological polar surface area (TPSA) is 58.6 Å². The number of hydrogen-bond donors (Lipinski definition) is 1. The van der Waals surface area contributed by atoms with Crippen LogP contribution in [0.1, 0.15) is 44.4 Å². The molecule has 2 aromatic rings. The molecule has 0 fully saturated rings. The third-order valence-corrected chi connectivity index (χ3v) is 5.46. The molecule has 5 nitrogen and oxygen atoms in total. The maximum atomic E-state index is 13.2. The number of hydrogen-bond acceptors (Lipinski definition) is 3. The first kappa shape index (κ1) is 25.0. The van der Waals surface area contributed by atoms with E-state index < -0.39 is 11.6 Å². The number of nitrogens with zero attached hydrogens (tertiary/aromatic N) is 1. The molecule has 0 aromatic heterocycles. The molecule has 0 radical (unpaired) electrons. The van der Waals surface area contributed by atoms with Crippen LogP contribution < -0.4 is 10.1 Å². The van der Waals surface area contributed by atoms with Crippen LogP contribution in [0.25, 0.3) is 0 Å². The Labute approximate surface area is 194 Å². The molecule has 0 bridgehead atoms. The van der Waals surface area contributed by atoms with Gasteiger partial charge in [-0.3, -0.25) is 9.59 Å². The maximum Gasteiger partial charge on any atom is 0.261 e. The van der Waals surface area contributed by atoms with E-state index in [1.165, 1.54) is 4.90 Å². The molecule has 0 spiro atoms. The summed E-state index contributed by atoms with van der Waals surface area (Å²) in [5.74, 6) is 0.0279. The second-order valence-electron chi connectivity index (χ2n) is 8.69. The minimum Gasteiger partial charge on any atom is -0.483 e. The zero-order chi connectivity index (χ0) is 23.3. The third kappa shape index (κ3) is 7.15. The van der Waals surface area contributed by atoms with Crippen LogP contribution in [-0.4, -0.2) is 34.9 Å². The van der Waals surface area contributed by atoms with Crippen LogP contribution in [0.4, 0.5) is 0 Å². The average molecular weight is 465 g/mol. The Balaban J connectivity index is 2.28. The second-order valence-corrected chi connectivity index (χ2v) is 9.51. The van der Waals surface area contributed by atoms with Gasteiger partial charge in [-0.1, -0.05) is 41.4 Å². The van der Waals surface area contributed by atoms with Gasteiger partial charge in [0.15, 0.2) is 6.61 Å². The largest absolute Gasteiger partial charge is 0.483 e. The molecule has 1 N–H and O–H groups in total. The van der Waals surface area contributed by atoms with Crippen molar-refractivity contribution in [2.45, 2.75) is 59.7 Å². The monoisotopic (exact) mass is 464 g/mol. The molecular weight excluding hydrogens is 435 g/mol. The van der Waals surface area contributed by atoms with Gasteiger partial charge in [-0.2, -0.15) is 0 Å². The SMILES string of the molecule is Cc1ccc(C)c(OCC(=O)N(Cc2c(Cl)cccc2Cl)[C@H](C)C(=O)NC(C)(C)C)c1. The fourth-order valence-electron chi connectivity index (χ4n) is 3.00. The minimum absolute atomic E-state index is 0.0895. The van der Waals surface area contributed by atoms with Gasteiger partial charge in [-0.25, -0.2) is 0 Å². The summed E-state index contributed by atoms with van der Waals surface area (Å²) in [4.78, 5) is 27.5. The van der Waals surface area contributed by atoms with Crippen LogP contribution in [0.3, 0.4) is 0 Å². The zero-order valence-corrected chi connectivity index (χ0v) is 20.4. The second kappa shape index (κ2) is 10.4. The molecule has 0 saturated heterocycles. The summed E-state index contributed by atoms with van der Waals surface area (Å²) in [6, 6.07) is 10.2. The molecule has 0 aliphatic rings. The molecule has 2 amide bonds. The van der Waals surface area contributed by atoms with Gasteiger partial charge in [0.05, 0.1) is 0 Å². The highest BCUT2D eigenvalue weighted by Gasteiger charge is 2.29. The summed E-state index contributed by atoms with van der Waals surface area (Å²) in [7, 11) is 0. The number of aryl methyl sites for hydroxylation is 2. The normalized spacial score (nSPS) is 12.3. The van der Waals surface area contributed by atoms with E-state index in [1.807, 2.05) is 52.8 Å². The van der Waals surface area contributed by atoms with E-state index in [1.54, 1.807) is 25.1 Å². The number of ether oxygens (including phenoxy) is 1. The molecule has 1 atom stereocenters. The Bertz CT molecular complexity index is 934. The van der Waals surface area contributed by atoms with Gasteiger partial charge >= 0.3 is 0 Å². The van der Waals surface area contributed by atoms with Gasteiger partial charge in [0.1, 0.15) is 11.8 Å². The van der Waals surface area contributed by atoms with Crippen molar-refractivity contribution >= 4 is 35.0 Å². The van der Waals surface area contributed by atoms with Crippen molar-refractivity contribution in [3.8, 4) is 5.75 Å². The Hall–Kier alpha value is -2.24. The number of carbonyl (C=O) groups is 2. The lowest BCUT2D eigenvalue weighted by atomic mass is 10.1.